The van der Waals surface area contributed by atoms with Crippen LogP contribution in [0, 0.1) is 0 Å². The van der Waals surface area contributed by atoms with Crippen LogP contribution in [-0.2, 0) is 35.0 Å². The van der Waals surface area contributed by atoms with Gasteiger partial charge in [0.2, 0.25) is 0 Å². The van der Waals surface area contributed by atoms with Gasteiger partial charge in [0.25, 0.3) is 0 Å². The van der Waals surface area contributed by atoms with Gasteiger partial charge in [-0.1, -0.05) is 61.5 Å². The summed E-state index contributed by atoms with van der Waals surface area (Å²) in [5, 5.41) is 12.6. The third-order valence-electron chi connectivity index (χ3n) is 5.41. The Morgan fingerprint density at radius 2 is 1.26 bits per heavy atom. The van der Waals surface area contributed by atoms with Crippen LogP contribution in [0.2, 0.25) is 0 Å². The monoisotopic (exact) mass is 660 g/mol. The van der Waals surface area contributed by atoms with Crippen molar-refractivity contribution in [1.82, 2.24) is 14.9 Å². The molecular formula is C29H30CuF6N3O2P. The van der Waals surface area contributed by atoms with Crippen LogP contribution in [0.25, 0.3) is 10.8 Å². The van der Waals surface area contributed by atoms with E-state index >= 15 is 0 Å². The Bertz CT molecular complexity index is 1400. The number of halogens is 6. The number of benzene rings is 2. The quantitative estimate of drug-likeness (QED) is 0.0653. The summed E-state index contributed by atoms with van der Waals surface area (Å²) in [6, 6.07) is 27.6. The summed E-state index contributed by atoms with van der Waals surface area (Å²) in [5.41, 5.74) is 3.47. The molecule has 0 unspecified atom stereocenters. The van der Waals surface area contributed by atoms with Gasteiger partial charge in [-0.3, -0.25) is 19.7 Å². The molecule has 0 saturated carbocycles. The van der Waals surface area contributed by atoms with Crippen molar-refractivity contribution in [3.8, 4) is 0 Å². The first-order valence-electron chi connectivity index (χ1n) is 12.3. The molecule has 2 heterocycles. The van der Waals surface area contributed by atoms with Crippen molar-refractivity contribution in [3.05, 3.63) is 120 Å². The molecule has 1 atom stereocenters. The number of allylic oxidation sites excluding steroid dienone is 2. The van der Waals surface area contributed by atoms with Gasteiger partial charge >= 0.3 is 50.1 Å². The van der Waals surface area contributed by atoms with Crippen molar-refractivity contribution in [2.24, 2.45) is 0 Å². The Balaban J connectivity index is 0.000000492. The summed E-state index contributed by atoms with van der Waals surface area (Å²) in [6.45, 7) is 6.53. The fourth-order valence-electron chi connectivity index (χ4n) is 3.83. The second-order valence-corrected chi connectivity index (χ2v) is 11.0. The van der Waals surface area contributed by atoms with Gasteiger partial charge in [-0.05, 0) is 60.5 Å². The molecule has 2 aromatic heterocycles. The number of ketones is 1. The van der Waals surface area contributed by atoms with E-state index in [4.69, 9.17) is 0 Å². The molecule has 4 rings (SSSR count). The Morgan fingerprint density at radius 1 is 0.810 bits per heavy atom. The molecule has 0 fully saturated rings. The maximum atomic E-state index is 9.98. The molecule has 0 aliphatic heterocycles. The molecule has 5 nitrogen and oxygen atoms in total. The van der Waals surface area contributed by atoms with E-state index in [1.807, 2.05) is 36.7 Å². The van der Waals surface area contributed by atoms with Gasteiger partial charge in [-0.25, -0.2) is 0 Å². The third-order valence-corrected chi connectivity index (χ3v) is 5.41. The zero-order valence-corrected chi connectivity index (χ0v) is 24.7. The first-order chi connectivity index (χ1) is 18.9. The minimum absolute atomic E-state index is 0. The third kappa shape index (κ3) is 16.2. The Hall–Kier alpha value is -3.30. The summed E-state index contributed by atoms with van der Waals surface area (Å²) in [7, 11) is -10.7. The van der Waals surface area contributed by atoms with E-state index in [1.54, 1.807) is 0 Å². The molecule has 4 aromatic rings. The molecule has 0 N–H and O–H groups in total. The van der Waals surface area contributed by atoms with Gasteiger partial charge in [0, 0.05) is 31.5 Å². The number of carbonyl (C=O) groups excluding carboxylic acids is 1. The zero-order valence-electron chi connectivity index (χ0n) is 22.9. The smallest absolute Gasteiger partial charge is 2.00 e. The normalized spacial score (nSPS) is 13.7. The van der Waals surface area contributed by atoms with Crippen LogP contribution < -0.4 is 5.11 Å². The SMILES string of the molecule is CC(=O)/C=C(/C)[O-].C[C@H](c1cccc2ccccc12)N(Cc1ccccn1)Cc1ccccn1.F[P-](F)(F)(F)(F)F.[Cu+2]. The van der Waals surface area contributed by atoms with Crippen LogP contribution >= 0.6 is 7.81 Å². The number of rotatable bonds is 7. The number of aromatic nitrogens is 2. The summed E-state index contributed by atoms with van der Waals surface area (Å²) >= 11 is 0. The van der Waals surface area contributed by atoms with Crippen molar-refractivity contribution >= 4 is 24.4 Å². The molecule has 231 valence electrons. The van der Waals surface area contributed by atoms with E-state index in [2.05, 4.69) is 76.4 Å². The summed E-state index contributed by atoms with van der Waals surface area (Å²) in [5.74, 6) is -0.375. The van der Waals surface area contributed by atoms with E-state index in [0.29, 0.717) is 0 Å². The van der Waals surface area contributed by atoms with Crippen LogP contribution in [0.3, 0.4) is 0 Å². The standard InChI is InChI=1S/C24H23N3.C5H8O2.Cu.F6P/c1-19(23-14-8-10-20-9-2-3-13-24(20)23)27(17-21-11-4-6-15-25-21)18-22-12-5-7-16-26-22;1-4(6)3-5(2)7;;1-7(2,3,4,5)6/h2-16,19H,17-18H2,1H3;3,6H,1-2H3;;/q;;+2;-1/p-1/b;4-3-;;/t19-;;;/m1.../s1. The Kier molecular flexibility index (Phi) is 12.9. The molecule has 0 saturated heterocycles. The average molecular weight is 661 g/mol. The number of nitrogens with zero attached hydrogens (tertiary/aromatic N) is 3. The topological polar surface area (TPSA) is 69.2 Å². The number of pyridine rings is 2. The first-order valence-corrected chi connectivity index (χ1v) is 14.4. The molecule has 1 radical (unpaired) electrons. The minimum atomic E-state index is -10.7. The summed E-state index contributed by atoms with van der Waals surface area (Å²) < 4.78 is 59.2. The van der Waals surface area contributed by atoms with Gasteiger partial charge in [-0.15, -0.1) is 5.76 Å². The second kappa shape index (κ2) is 14.7. The van der Waals surface area contributed by atoms with Crippen molar-refractivity contribution in [1.29, 1.82) is 0 Å². The fourth-order valence-corrected chi connectivity index (χ4v) is 3.83. The van der Waals surface area contributed by atoms with Crippen LogP contribution in [0.4, 0.5) is 25.2 Å². The van der Waals surface area contributed by atoms with Crippen LogP contribution in [-0.4, -0.2) is 20.7 Å². The first kappa shape index (κ1) is 36.7. The number of hydrogen-bond acceptors (Lipinski definition) is 5. The molecule has 42 heavy (non-hydrogen) atoms. The van der Waals surface area contributed by atoms with Crippen molar-refractivity contribution < 1.29 is 52.2 Å². The van der Waals surface area contributed by atoms with Gasteiger partial charge in [0.15, 0.2) is 5.78 Å². The van der Waals surface area contributed by atoms with Crippen LogP contribution in [0.1, 0.15) is 43.8 Å². The van der Waals surface area contributed by atoms with E-state index in [1.165, 1.54) is 30.2 Å². The summed E-state index contributed by atoms with van der Waals surface area (Å²) in [4.78, 5) is 21.5. The molecule has 2 aromatic carbocycles. The maximum absolute atomic E-state index is 10.7. The number of fused-ring (bicyclic) bond motifs is 1. The average Bonchev–Trinajstić information content (AvgIpc) is 2.86. The molecule has 0 amide bonds. The molecular weight excluding hydrogens is 631 g/mol. The fraction of sp³-hybridized carbons (Fsp3) is 0.207. The van der Waals surface area contributed by atoms with Crippen LogP contribution in [0.15, 0.2) is 103 Å². The predicted molar refractivity (Wildman–Crippen MR) is 148 cm³/mol. The molecule has 0 aliphatic carbocycles. The van der Waals surface area contributed by atoms with E-state index in [0.717, 1.165) is 30.6 Å². The van der Waals surface area contributed by atoms with Gasteiger partial charge in [0.05, 0.1) is 11.4 Å². The second-order valence-electron chi connectivity index (χ2n) is 9.12. The van der Waals surface area contributed by atoms with E-state index in [-0.39, 0.29) is 34.7 Å². The number of carbonyl (C=O) groups is 1. The van der Waals surface area contributed by atoms with Crippen molar-refractivity contribution in [2.75, 3.05) is 0 Å². The van der Waals surface area contributed by atoms with E-state index < -0.39 is 7.81 Å². The largest absolute Gasteiger partial charge is 2.00 e. The molecule has 0 aliphatic rings. The molecule has 0 spiro atoms. The van der Waals surface area contributed by atoms with Gasteiger partial charge < -0.3 is 5.11 Å². The van der Waals surface area contributed by atoms with E-state index in [9.17, 15) is 35.1 Å². The van der Waals surface area contributed by atoms with Crippen LogP contribution in [0.5, 0.6) is 0 Å². The summed E-state index contributed by atoms with van der Waals surface area (Å²) in [6.07, 6.45) is 4.77. The molecule has 0 bridgehead atoms. The predicted octanol–water partition coefficient (Wildman–Crippen LogP) is 8.61. The minimum Gasteiger partial charge on any atom is 2.00 e. The molecule has 13 heteroatoms. The van der Waals surface area contributed by atoms with Gasteiger partial charge in [0.1, 0.15) is 0 Å². The zero-order chi connectivity index (χ0) is 30.7. The Morgan fingerprint density at radius 3 is 1.67 bits per heavy atom. The van der Waals surface area contributed by atoms with Crippen molar-refractivity contribution in [2.45, 2.75) is 39.9 Å². The number of hydrogen-bond donors (Lipinski definition) is 0. The Labute approximate surface area is 251 Å². The van der Waals surface area contributed by atoms with Gasteiger partial charge in [-0.2, -0.15) is 0 Å². The maximum Gasteiger partial charge on any atom is 2.00 e. The van der Waals surface area contributed by atoms with Crippen molar-refractivity contribution in [3.63, 3.8) is 0 Å².